The van der Waals surface area contributed by atoms with Gasteiger partial charge in [-0.1, -0.05) is 23.7 Å². The van der Waals surface area contributed by atoms with Gasteiger partial charge in [0.05, 0.1) is 28.3 Å². The second-order valence-corrected chi connectivity index (χ2v) is 9.58. The average Bonchev–Trinajstić information content (AvgIpc) is 2.73. The van der Waals surface area contributed by atoms with Crippen molar-refractivity contribution in [3.8, 4) is 5.75 Å². The molecule has 7 nitrogen and oxygen atoms in total. The van der Waals surface area contributed by atoms with Crippen LogP contribution in [-0.4, -0.2) is 52.1 Å². The Labute approximate surface area is 195 Å². The second-order valence-electron chi connectivity index (χ2n) is 9.18. The molecular weight excluding hydrogens is 451 g/mol. The van der Waals surface area contributed by atoms with Crippen molar-refractivity contribution in [3.05, 3.63) is 62.3 Å². The molecule has 33 heavy (non-hydrogen) atoms. The summed E-state index contributed by atoms with van der Waals surface area (Å²) in [5.74, 6) is -2.36. The number of hydrogen-bond acceptors (Lipinski definition) is 5. The summed E-state index contributed by atoms with van der Waals surface area (Å²) in [7, 11) is 1.62. The molecule has 176 valence electrons. The maximum Gasteiger partial charge on any atom is 0.274 e. The third-order valence-electron chi connectivity index (χ3n) is 6.41. The van der Waals surface area contributed by atoms with E-state index in [2.05, 4.69) is 0 Å². The molecule has 2 heterocycles. The molecule has 1 aliphatic carbocycles. The van der Waals surface area contributed by atoms with Crippen LogP contribution in [0.15, 0.2) is 29.2 Å². The van der Waals surface area contributed by atoms with Gasteiger partial charge in [0.15, 0.2) is 17.2 Å². The highest BCUT2D eigenvalue weighted by Crippen LogP contribution is 2.46. The number of ketones is 1. The molecule has 0 bridgehead atoms. The molecular formula is C24H26ClFN2O5. The van der Waals surface area contributed by atoms with Crippen LogP contribution in [0, 0.1) is 5.82 Å². The van der Waals surface area contributed by atoms with Gasteiger partial charge in [0.25, 0.3) is 5.91 Å². The van der Waals surface area contributed by atoms with Gasteiger partial charge < -0.3 is 19.3 Å². The number of likely N-dealkylation sites (N-methyl/N-ethyl adjacent to an activating group) is 1. The van der Waals surface area contributed by atoms with E-state index < -0.39 is 34.2 Å². The van der Waals surface area contributed by atoms with E-state index in [1.54, 1.807) is 17.7 Å². The lowest BCUT2D eigenvalue weighted by Gasteiger charge is -2.54. The number of aromatic nitrogens is 1. The Morgan fingerprint density at radius 2 is 2.03 bits per heavy atom. The molecule has 1 amide bonds. The van der Waals surface area contributed by atoms with Gasteiger partial charge in [-0.15, -0.1) is 0 Å². The number of halogens is 2. The predicted octanol–water partition coefficient (Wildman–Crippen LogP) is 3.53. The monoisotopic (exact) mass is 476 g/mol. The van der Waals surface area contributed by atoms with Crippen molar-refractivity contribution < 1.29 is 23.8 Å². The highest BCUT2D eigenvalue weighted by molar-refractivity contribution is 6.30. The van der Waals surface area contributed by atoms with Crippen LogP contribution in [0.25, 0.3) is 0 Å². The van der Waals surface area contributed by atoms with Crippen molar-refractivity contribution in [3.63, 3.8) is 0 Å². The molecule has 2 aromatic rings. The number of Topliss-reactive ketones (excluding diaryl/α,β-unsaturated/α-hetero) is 1. The molecule has 9 heteroatoms. The lowest BCUT2D eigenvalue weighted by Crippen LogP contribution is -2.61. The standard InChI is InChI=1S/C24H26ClFN2O5/c1-13(2)33-15-9-24(10-15)12-27(3)23(32)20-22(31)21(30)16(11-28(20)24)18(29)8-7-14-5-4-6-17(25)19(14)26/h4-6,11,13,15,31H,7-10,12H2,1-3H3. The zero-order valence-electron chi connectivity index (χ0n) is 18.7. The summed E-state index contributed by atoms with van der Waals surface area (Å²) in [6, 6.07) is 4.53. The smallest absolute Gasteiger partial charge is 0.274 e. The number of aryl methyl sites for hydroxylation is 1. The van der Waals surface area contributed by atoms with Gasteiger partial charge in [-0.25, -0.2) is 4.39 Å². The third kappa shape index (κ3) is 4.06. The molecule has 1 spiro atoms. The summed E-state index contributed by atoms with van der Waals surface area (Å²) in [5.41, 5.74) is -1.54. The van der Waals surface area contributed by atoms with Gasteiger partial charge >= 0.3 is 0 Å². The normalized spacial score (nSPS) is 21.9. The van der Waals surface area contributed by atoms with Crippen molar-refractivity contribution in [1.82, 2.24) is 9.47 Å². The van der Waals surface area contributed by atoms with Crippen LogP contribution >= 0.6 is 11.6 Å². The minimum atomic E-state index is -0.897. The first kappa shape index (κ1) is 23.4. The number of nitrogens with zero attached hydrogens (tertiary/aromatic N) is 2. The fourth-order valence-corrected chi connectivity index (χ4v) is 5.06. The molecule has 1 aliphatic heterocycles. The van der Waals surface area contributed by atoms with E-state index in [1.165, 1.54) is 23.2 Å². The van der Waals surface area contributed by atoms with Gasteiger partial charge in [-0.05, 0) is 44.7 Å². The summed E-state index contributed by atoms with van der Waals surface area (Å²) >= 11 is 5.80. The number of hydrogen-bond donors (Lipinski definition) is 1. The van der Waals surface area contributed by atoms with E-state index >= 15 is 0 Å². The maximum absolute atomic E-state index is 14.2. The summed E-state index contributed by atoms with van der Waals surface area (Å²) in [4.78, 5) is 40.0. The fraction of sp³-hybridized carbons (Fsp3) is 0.458. The molecule has 1 aromatic carbocycles. The van der Waals surface area contributed by atoms with E-state index in [0.29, 0.717) is 19.4 Å². The molecule has 0 saturated heterocycles. The van der Waals surface area contributed by atoms with Crippen LogP contribution in [0.1, 0.15) is 59.5 Å². The molecule has 2 aliphatic rings. The summed E-state index contributed by atoms with van der Waals surface area (Å²) in [6.07, 6.45) is 2.46. The quantitative estimate of drug-likeness (QED) is 0.644. The number of benzene rings is 1. The first-order chi connectivity index (χ1) is 15.5. The number of ether oxygens (including phenoxy) is 1. The number of pyridine rings is 1. The van der Waals surface area contributed by atoms with Gasteiger partial charge in [-0.2, -0.15) is 0 Å². The number of carbonyl (C=O) groups is 2. The molecule has 1 aromatic heterocycles. The van der Waals surface area contributed by atoms with Crippen LogP contribution in [-0.2, 0) is 16.7 Å². The van der Waals surface area contributed by atoms with Crippen molar-refractivity contribution >= 4 is 23.3 Å². The number of aromatic hydroxyl groups is 1. The van der Waals surface area contributed by atoms with Crippen LogP contribution in [0.4, 0.5) is 4.39 Å². The molecule has 1 fully saturated rings. The number of fused-ring (bicyclic) bond motifs is 2. The van der Waals surface area contributed by atoms with Crippen molar-refractivity contribution in [1.29, 1.82) is 0 Å². The average molecular weight is 477 g/mol. The van der Waals surface area contributed by atoms with Gasteiger partial charge in [0, 0.05) is 26.2 Å². The van der Waals surface area contributed by atoms with Gasteiger partial charge in [0.2, 0.25) is 5.43 Å². The Kier molecular flexibility index (Phi) is 6.09. The van der Waals surface area contributed by atoms with Gasteiger partial charge in [-0.3, -0.25) is 14.4 Å². The van der Waals surface area contributed by atoms with E-state index in [9.17, 15) is 23.9 Å². The van der Waals surface area contributed by atoms with E-state index in [4.69, 9.17) is 16.3 Å². The Morgan fingerprint density at radius 3 is 2.70 bits per heavy atom. The van der Waals surface area contributed by atoms with Gasteiger partial charge in [0.1, 0.15) is 5.82 Å². The van der Waals surface area contributed by atoms with Crippen molar-refractivity contribution in [2.45, 2.75) is 57.3 Å². The third-order valence-corrected chi connectivity index (χ3v) is 6.70. The summed E-state index contributed by atoms with van der Waals surface area (Å²) in [5, 5.41) is 10.6. The largest absolute Gasteiger partial charge is 0.503 e. The lowest BCUT2D eigenvalue weighted by atomic mass is 9.71. The molecule has 0 unspecified atom stereocenters. The predicted molar refractivity (Wildman–Crippen MR) is 121 cm³/mol. The first-order valence-corrected chi connectivity index (χ1v) is 11.3. The summed E-state index contributed by atoms with van der Waals surface area (Å²) in [6.45, 7) is 4.26. The van der Waals surface area contributed by atoms with Crippen LogP contribution < -0.4 is 5.43 Å². The molecule has 0 atom stereocenters. The highest BCUT2D eigenvalue weighted by atomic mass is 35.5. The second kappa shape index (κ2) is 8.57. The minimum absolute atomic E-state index is 0.0222. The molecule has 1 saturated carbocycles. The molecule has 4 rings (SSSR count). The van der Waals surface area contributed by atoms with Crippen molar-refractivity contribution in [2.75, 3.05) is 13.6 Å². The van der Waals surface area contributed by atoms with E-state index in [0.717, 1.165) is 0 Å². The number of amides is 1. The minimum Gasteiger partial charge on any atom is -0.503 e. The lowest BCUT2D eigenvalue weighted by molar-refractivity contribution is -0.107. The van der Waals surface area contributed by atoms with Crippen LogP contribution in [0.3, 0.4) is 0 Å². The SMILES string of the molecule is CC(C)OC1CC2(C1)CN(C)C(=O)c1c(O)c(=O)c(C(=O)CCc3cccc(Cl)c3F)cn12. The summed E-state index contributed by atoms with van der Waals surface area (Å²) < 4.78 is 21.6. The molecule has 1 N–H and O–H groups in total. The Hall–Kier alpha value is -2.71. The fourth-order valence-electron chi connectivity index (χ4n) is 4.87. The highest BCUT2D eigenvalue weighted by Gasteiger charge is 2.52. The Balaban J connectivity index is 1.67. The van der Waals surface area contributed by atoms with Crippen LogP contribution in [0.5, 0.6) is 5.75 Å². The zero-order valence-corrected chi connectivity index (χ0v) is 19.5. The Morgan fingerprint density at radius 1 is 1.33 bits per heavy atom. The Bertz CT molecular complexity index is 1190. The number of carbonyl (C=O) groups excluding carboxylic acids is 2. The maximum atomic E-state index is 14.2. The number of rotatable bonds is 6. The van der Waals surface area contributed by atoms with E-state index in [-0.39, 0.29) is 46.9 Å². The van der Waals surface area contributed by atoms with Crippen molar-refractivity contribution in [2.24, 2.45) is 0 Å². The molecule has 0 radical (unpaired) electrons. The van der Waals surface area contributed by atoms with E-state index in [1.807, 2.05) is 13.8 Å². The van der Waals surface area contributed by atoms with Crippen LogP contribution in [0.2, 0.25) is 5.02 Å². The topological polar surface area (TPSA) is 88.8 Å². The zero-order chi connectivity index (χ0) is 24.1. The first-order valence-electron chi connectivity index (χ1n) is 10.9.